The summed E-state index contributed by atoms with van der Waals surface area (Å²) < 4.78 is 72.5. The molecule has 1 aromatic carbocycles. The Kier molecular flexibility index (Phi) is 8.58. The van der Waals surface area contributed by atoms with Crippen LogP contribution in [-0.2, 0) is 25.6 Å². The number of nitrogens with one attached hydrogen (secondary N) is 1. The molecule has 0 aliphatic rings. The molecule has 0 fully saturated rings. The molecule has 1 aromatic heterocycles. The fourth-order valence-corrected chi connectivity index (χ4v) is 3.81. The number of hydrogen-bond donors (Lipinski definition) is 1. The second-order valence-electron chi connectivity index (χ2n) is 5.68. The lowest BCUT2D eigenvalue weighted by molar-refractivity contribution is 0.185. The molecule has 0 saturated heterocycles. The number of anilines is 1. The molecule has 2 rings (SSSR count). The number of hydrogen-bond acceptors (Lipinski definition) is 9. The molecule has 0 amide bonds. The lowest BCUT2D eigenvalue weighted by Crippen LogP contribution is -2.23. The molecule has 9 nitrogen and oxygen atoms in total. The van der Waals surface area contributed by atoms with E-state index >= 15 is 0 Å². The van der Waals surface area contributed by atoms with E-state index in [-0.39, 0.29) is 35.4 Å². The van der Waals surface area contributed by atoms with Crippen molar-refractivity contribution in [2.75, 3.05) is 33.2 Å². The highest BCUT2D eigenvalue weighted by Crippen LogP contribution is 2.41. The molecule has 1 unspecified atom stereocenters. The minimum atomic E-state index is -4.95. The second kappa shape index (κ2) is 10.7. The first kappa shape index (κ1) is 24.1. The first-order valence-electron chi connectivity index (χ1n) is 8.34. The number of aromatic nitrogens is 2. The van der Waals surface area contributed by atoms with Crippen LogP contribution in [-0.4, -0.2) is 52.6 Å². The Hall–Kier alpha value is -2.22. The van der Waals surface area contributed by atoms with Gasteiger partial charge in [0.2, 0.25) is 11.8 Å². The van der Waals surface area contributed by atoms with Gasteiger partial charge in [-0.05, 0) is 5.56 Å². The number of ether oxygens (including phenoxy) is 3. The monoisotopic (exact) mass is 465 g/mol. The van der Waals surface area contributed by atoms with E-state index in [9.17, 15) is 17.2 Å². The van der Waals surface area contributed by atoms with Crippen molar-refractivity contribution in [1.82, 2.24) is 9.97 Å². The third-order valence-corrected chi connectivity index (χ3v) is 5.59. The molecule has 0 radical (unpaired) electrons. The minimum Gasteiger partial charge on any atom is -0.481 e. The van der Waals surface area contributed by atoms with E-state index in [1.165, 1.54) is 34.5 Å². The van der Waals surface area contributed by atoms with E-state index in [0.29, 0.717) is 5.56 Å². The molecule has 0 aliphatic carbocycles. The van der Waals surface area contributed by atoms with E-state index in [2.05, 4.69) is 9.97 Å². The fourth-order valence-electron chi connectivity index (χ4n) is 2.50. The van der Waals surface area contributed by atoms with Gasteiger partial charge in [-0.15, -0.1) is 0 Å². The lowest BCUT2D eigenvalue weighted by atomic mass is 10.0. The summed E-state index contributed by atoms with van der Waals surface area (Å²) in [5.74, 6) is -3.07. The average molecular weight is 466 g/mol. The fraction of sp³-hybridized carbons (Fsp3) is 0.412. The van der Waals surface area contributed by atoms with Crippen molar-refractivity contribution in [2.24, 2.45) is 0 Å². The molecule has 13 heteroatoms. The number of methoxy groups -OCH3 is 3. The van der Waals surface area contributed by atoms with Gasteiger partial charge in [-0.3, -0.25) is 4.72 Å². The van der Waals surface area contributed by atoms with Gasteiger partial charge < -0.3 is 18.4 Å². The summed E-state index contributed by atoms with van der Waals surface area (Å²) in [7, 11) is 0.664. The molecular weight excluding hydrogens is 444 g/mol. The van der Waals surface area contributed by atoms with Crippen molar-refractivity contribution in [3.8, 4) is 11.8 Å². The molecule has 0 bridgehead atoms. The van der Waals surface area contributed by atoms with E-state index in [1.807, 2.05) is 4.72 Å². The molecular formula is C17H21F2N3O6S2. The SMILES string of the molecule is COCc1cccc(C(SOC)c2nc(OC)cc(OC)n2)c1NS(=O)(=O)C(F)F. The number of para-hydroxylation sites is 1. The summed E-state index contributed by atoms with van der Waals surface area (Å²) in [4.78, 5) is 8.55. The van der Waals surface area contributed by atoms with E-state index < -0.39 is 21.0 Å². The van der Waals surface area contributed by atoms with Crippen LogP contribution in [0.5, 0.6) is 11.8 Å². The first-order chi connectivity index (χ1) is 14.3. The van der Waals surface area contributed by atoms with Gasteiger partial charge in [0.25, 0.3) is 10.0 Å². The summed E-state index contributed by atoms with van der Waals surface area (Å²) in [5, 5.41) is -0.814. The zero-order valence-corrected chi connectivity index (χ0v) is 18.2. The number of nitrogens with zero attached hydrogens (tertiary/aromatic N) is 2. The number of alkyl halides is 2. The van der Waals surface area contributed by atoms with E-state index in [4.69, 9.17) is 18.4 Å². The van der Waals surface area contributed by atoms with Crippen LogP contribution >= 0.6 is 12.0 Å². The molecule has 30 heavy (non-hydrogen) atoms. The highest BCUT2D eigenvalue weighted by atomic mass is 32.2. The standard InChI is InChI=1S/C17H21F2N3O6S2/c1-25-9-10-6-5-7-11(14(10)22-30(23,24)17(18)19)15(29-28-4)16-20-12(26-2)8-13(21-16)27-3/h5-8,15,17,22H,9H2,1-4H3. The Labute approximate surface area is 177 Å². The van der Waals surface area contributed by atoms with Crippen molar-refractivity contribution in [3.05, 3.63) is 41.2 Å². The van der Waals surface area contributed by atoms with Crippen LogP contribution in [0, 0.1) is 0 Å². The maximum absolute atomic E-state index is 13.0. The summed E-state index contributed by atoms with van der Waals surface area (Å²) >= 11 is 0.897. The molecule has 1 N–H and O–H groups in total. The Morgan fingerprint density at radius 3 is 2.23 bits per heavy atom. The molecule has 166 valence electrons. The minimum absolute atomic E-state index is 0.0262. The van der Waals surface area contributed by atoms with E-state index in [1.54, 1.807) is 18.2 Å². The van der Waals surface area contributed by atoms with Crippen molar-refractivity contribution in [2.45, 2.75) is 17.6 Å². The zero-order chi connectivity index (χ0) is 22.3. The summed E-state index contributed by atoms with van der Waals surface area (Å²) in [5.41, 5.74) is 0.561. The quantitative estimate of drug-likeness (QED) is 0.501. The van der Waals surface area contributed by atoms with Crippen molar-refractivity contribution < 1.29 is 35.6 Å². The van der Waals surface area contributed by atoms with Gasteiger partial charge in [-0.1, -0.05) is 18.2 Å². The van der Waals surface area contributed by atoms with Crippen LogP contribution in [0.25, 0.3) is 0 Å². The van der Waals surface area contributed by atoms with Gasteiger partial charge in [0.1, 0.15) is 5.25 Å². The number of benzene rings is 1. The average Bonchev–Trinajstić information content (AvgIpc) is 2.72. The maximum atomic E-state index is 13.0. The molecule has 2 aromatic rings. The highest BCUT2D eigenvalue weighted by Gasteiger charge is 2.30. The summed E-state index contributed by atoms with van der Waals surface area (Å²) in [6.45, 7) is -0.0262. The molecule has 1 heterocycles. The van der Waals surface area contributed by atoms with Crippen LogP contribution in [0.1, 0.15) is 22.2 Å². The van der Waals surface area contributed by atoms with Crippen molar-refractivity contribution in [3.63, 3.8) is 0 Å². The van der Waals surface area contributed by atoms with Crippen LogP contribution in [0.2, 0.25) is 0 Å². The number of halogens is 2. The normalized spacial score (nSPS) is 12.6. The summed E-state index contributed by atoms with van der Waals surface area (Å²) in [6.07, 6.45) is 0. The predicted molar refractivity (Wildman–Crippen MR) is 107 cm³/mol. The predicted octanol–water partition coefficient (Wildman–Crippen LogP) is 2.99. The van der Waals surface area contributed by atoms with Gasteiger partial charge in [0.05, 0.1) is 39.7 Å². The van der Waals surface area contributed by atoms with E-state index in [0.717, 1.165) is 12.0 Å². The number of sulfonamides is 1. The number of rotatable bonds is 11. The third kappa shape index (κ3) is 5.68. The Morgan fingerprint density at radius 1 is 1.10 bits per heavy atom. The molecule has 0 saturated carbocycles. The highest BCUT2D eigenvalue weighted by molar-refractivity contribution is 7.95. The zero-order valence-electron chi connectivity index (χ0n) is 16.6. The van der Waals surface area contributed by atoms with Crippen LogP contribution < -0.4 is 14.2 Å². The first-order valence-corrected chi connectivity index (χ1v) is 10.7. The van der Waals surface area contributed by atoms with Gasteiger partial charge in [0.15, 0.2) is 5.82 Å². The van der Waals surface area contributed by atoms with Crippen LogP contribution in [0.3, 0.4) is 0 Å². The summed E-state index contributed by atoms with van der Waals surface area (Å²) in [6, 6.07) is 6.19. The lowest BCUT2D eigenvalue weighted by Gasteiger charge is -2.21. The Bertz CT molecular complexity index is 940. The van der Waals surface area contributed by atoms with Gasteiger partial charge in [-0.25, -0.2) is 8.42 Å². The molecule has 0 aliphatic heterocycles. The van der Waals surface area contributed by atoms with Gasteiger partial charge >= 0.3 is 5.76 Å². The largest absolute Gasteiger partial charge is 0.481 e. The van der Waals surface area contributed by atoms with Crippen LogP contribution in [0.15, 0.2) is 24.3 Å². The molecule has 0 spiro atoms. The van der Waals surface area contributed by atoms with Gasteiger partial charge in [-0.2, -0.15) is 18.7 Å². The third-order valence-electron chi connectivity index (χ3n) is 3.79. The Balaban J connectivity index is 2.69. The Morgan fingerprint density at radius 2 is 1.73 bits per heavy atom. The molecule has 1 atom stereocenters. The van der Waals surface area contributed by atoms with Crippen LogP contribution in [0.4, 0.5) is 14.5 Å². The maximum Gasteiger partial charge on any atom is 0.355 e. The van der Waals surface area contributed by atoms with Crippen molar-refractivity contribution in [1.29, 1.82) is 0 Å². The smallest absolute Gasteiger partial charge is 0.355 e. The van der Waals surface area contributed by atoms with Crippen molar-refractivity contribution >= 4 is 27.8 Å². The second-order valence-corrected chi connectivity index (χ2v) is 8.32. The topological polar surface area (TPSA) is 109 Å². The van der Waals surface area contributed by atoms with Gasteiger partial charge in [0, 0.05) is 24.7 Å².